The predicted molar refractivity (Wildman–Crippen MR) is 109 cm³/mol. The van der Waals surface area contributed by atoms with Crippen molar-refractivity contribution in [3.63, 3.8) is 0 Å². The summed E-state index contributed by atoms with van der Waals surface area (Å²) in [6, 6.07) is 6.06. The molecule has 0 bridgehead atoms. The molecular weight excluding hydrogens is 360 g/mol. The Bertz CT molecular complexity index is 777. The molecule has 1 fully saturated rings. The lowest BCUT2D eigenvalue weighted by Crippen LogP contribution is -2.35. The molecule has 0 N–H and O–H groups in total. The molecule has 7 heteroatoms. The van der Waals surface area contributed by atoms with Gasteiger partial charge in [-0.05, 0) is 25.5 Å². The fourth-order valence-electron chi connectivity index (χ4n) is 3.67. The van der Waals surface area contributed by atoms with Crippen molar-refractivity contribution in [2.45, 2.75) is 30.5 Å². The van der Waals surface area contributed by atoms with Gasteiger partial charge in [0.15, 0.2) is 16.7 Å². The minimum absolute atomic E-state index is 0.394. The van der Waals surface area contributed by atoms with E-state index in [4.69, 9.17) is 9.47 Å². The van der Waals surface area contributed by atoms with Gasteiger partial charge >= 0.3 is 0 Å². The molecule has 1 aromatic carbocycles. The van der Waals surface area contributed by atoms with E-state index in [1.807, 2.05) is 18.2 Å². The molecule has 2 heterocycles. The van der Waals surface area contributed by atoms with Crippen LogP contribution in [0.1, 0.15) is 30.1 Å². The van der Waals surface area contributed by atoms with Crippen molar-refractivity contribution < 1.29 is 9.47 Å². The summed E-state index contributed by atoms with van der Waals surface area (Å²) >= 11 is 1.67. The van der Waals surface area contributed by atoms with Crippen molar-refractivity contribution in [3.05, 3.63) is 42.2 Å². The molecule has 6 nitrogen and oxygen atoms in total. The van der Waals surface area contributed by atoms with Gasteiger partial charge in [0.05, 0.1) is 14.2 Å². The number of aromatic nitrogens is 3. The van der Waals surface area contributed by atoms with Gasteiger partial charge in [0.2, 0.25) is 0 Å². The molecule has 0 unspecified atom stereocenters. The lowest BCUT2D eigenvalue weighted by molar-refractivity contribution is 0.192. The first-order valence-corrected chi connectivity index (χ1v) is 10.2. The van der Waals surface area contributed by atoms with Crippen LogP contribution < -0.4 is 9.47 Å². The molecule has 1 aliphatic heterocycles. The van der Waals surface area contributed by atoms with Crippen LogP contribution in [0.2, 0.25) is 0 Å². The predicted octanol–water partition coefficient (Wildman–Crippen LogP) is 3.49. The number of methoxy groups -OCH3 is 2. The van der Waals surface area contributed by atoms with Gasteiger partial charge in [-0.25, -0.2) is 0 Å². The maximum Gasteiger partial charge on any atom is 0.191 e. The number of likely N-dealkylation sites (tertiary alicyclic amines) is 1. The van der Waals surface area contributed by atoms with Crippen molar-refractivity contribution in [1.29, 1.82) is 0 Å². The van der Waals surface area contributed by atoms with Gasteiger partial charge in [-0.15, -0.1) is 16.8 Å². The zero-order valence-electron chi connectivity index (χ0n) is 16.4. The Hall–Kier alpha value is -1.99. The van der Waals surface area contributed by atoms with E-state index in [1.54, 1.807) is 26.0 Å². The molecule has 3 rings (SSSR count). The number of ether oxygens (including phenoxy) is 2. The van der Waals surface area contributed by atoms with Crippen LogP contribution in [-0.2, 0) is 13.6 Å². The van der Waals surface area contributed by atoms with Crippen molar-refractivity contribution in [1.82, 2.24) is 19.7 Å². The standard InChI is InChI=1S/C20H28N4O2S/c1-5-12-27-20-22-21-19(23(20)2)16-9-7-11-24(14-16)13-15-8-6-10-17(25-3)18(15)26-4/h5-6,8,10,16H,1,7,9,11-14H2,2-4H3/t16-/m1/s1. The fourth-order valence-corrected chi connectivity index (χ4v) is 4.32. The van der Waals surface area contributed by atoms with Crippen LogP contribution in [0.3, 0.4) is 0 Å². The van der Waals surface area contributed by atoms with Gasteiger partial charge in [-0.3, -0.25) is 4.90 Å². The molecule has 1 atom stereocenters. The Labute approximate surface area is 165 Å². The van der Waals surface area contributed by atoms with Crippen LogP contribution in [-0.4, -0.2) is 52.7 Å². The largest absolute Gasteiger partial charge is 0.493 e. The van der Waals surface area contributed by atoms with Crippen LogP contribution >= 0.6 is 11.8 Å². The highest BCUT2D eigenvalue weighted by Gasteiger charge is 2.26. The minimum atomic E-state index is 0.394. The van der Waals surface area contributed by atoms with Gasteiger partial charge in [-0.2, -0.15) is 0 Å². The Morgan fingerprint density at radius 2 is 2.15 bits per heavy atom. The highest BCUT2D eigenvalue weighted by molar-refractivity contribution is 7.99. The lowest BCUT2D eigenvalue weighted by atomic mass is 9.96. The molecule has 0 spiro atoms. The normalized spacial score (nSPS) is 17.7. The number of rotatable bonds is 8. The summed E-state index contributed by atoms with van der Waals surface area (Å²) in [4.78, 5) is 2.47. The molecule has 1 aliphatic rings. The molecule has 0 aliphatic carbocycles. The number of thioether (sulfide) groups is 1. The van der Waals surface area contributed by atoms with Crippen molar-refractivity contribution in [2.24, 2.45) is 7.05 Å². The summed E-state index contributed by atoms with van der Waals surface area (Å²) in [5.74, 6) is 3.91. The number of para-hydroxylation sites is 1. The summed E-state index contributed by atoms with van der Waals surface area (Å²) in [6.45, 7) is 6.66. The van der Waals surface area contributed by atoms with Crippen LogP contribution in [0.5, 0.6) is 11.5 Å². The van der Waals surface area contributed by atoms with Gasteiger partial charge in [0.25, 0.3) is 0 Å². The average Bonchev–Trinajstić information content (AvgIpc) is 3.06. The number of nitrogens with zero attached hydrogens (tertiary/aromatic N) is 4. The van der Waals surface area contributed by atoms with Gasteiger partial charge in [-0.1, -0.05) is 30.0 Å². The molecule has 146 valence electrons. The zero-order chi connectivity index (χ0) is 19.2. The fraction of sp³-hybridized carbons (Fsp3) is 0.500. The van der Waals surface area contributed by atoms with Crippen molar-refractivity contribution >= 4 is 11.8 Å². The third-order valence-electron chi connectivity index (χ3n) is 4.95. The summed E-state index contributed by atoms with van der Waals surface area (Å²) in [5, 5.41) is 9.80. The highest BCUT2D eigenvalue weighted by atomic mass is 32.2. The molecule has 2 aromatic rings. The molecular formula is C20H28N4O2S. The van der Waals surface area contributed by atoms with E-state index in [9.17, 15) is 0 Å². The first kappa shape index (κ1) is 19.8. The van der Waals surface area contributed by atoms with Crippen molar-refractivity contribution in [2.75, 3.05) is 33.1 Å². The Morgan fingerprint density at radius 3 is 2.89 bits per heavy atom. The summed E-state index contributed by atoms with van der Waals surface area (Å²) in [6.07, 6.45) is 4.19. The van der Waals surface area contributed by atoms with E-state index in [-0.39, 0.29) is 0 Å². The van der Waals surface area contributed by atoms with Crippen LogP contribution in [0.15, 0.2) is 36.0 Å². The van der Waals surface area contributed by atoms with Gasteiger partial charge in [0.1, 0.15) is 5.82 Å². The SMILES string of the molecule is C=CCSc1nnc([C@@H]2CCCN(Cc3cccc(OC)c3OC)C2)n1C. The van der Waals surface area contributed by atoms with Crippen molar-refractivity contribution in [3.8, 4) is 11.5 Å². The monoisotopic (exact) mass is 388 g/mol. The van der Waals surface area contributed by atoms with Crippen LogP contribution in [0.25, 0.3) is 0 Å². The smallest absolute Gasteiger partial charge is 0.191 e. The van der Waals surface area contributed by atoms with E-state index in [1.165, 1.54) is 0 Å². The Kier molecular flexibility index (Phi) is 6.79. The number of hydrogen-bond acceptors (Lipinski definition) is 6. The van der Waals surface area contributed by atoms with E-state index in [0.29, 0.717) is 5.92 Å². The van der Waals surface area contributed by atoms with Gasteiger partial charge in [0, 0.05) is 37.4 Å². The number of benzene rings is 1. The molecule has 27 heavy (non-hydrogen) atoms. The quantitative estimate of drug-likeness (QED) is 0.510. The van der Waals surface area contributed by atoms with E-state index < -0.39 is 0 Å². The second kappa shape index (κ2) is 9.28. The molecule has 0 saturated carbocycles. The topological polar surface area (TPSA) is 52.4 Å². The second-order valence-electron chi connectivity index (χ2n) is 6.73. The summed E-state index contributed by atoms with van der Waals surface area (Å²) in [5.41, 5.74) is 1.15. The van der Waals surface area contributed by atoms with E-state index in [0.717, 1.165) is 66.3 Å². The summed E-state index contributed by atoms with van der Waals surface area (Å²) < 4.78 is 13.2. The highest BCUT2D eigenvalue weighted by Crippen LogP contribution is 2.33. The number of hydrogen-bond donors (Lipinski definition) is 0. The molecule has 0 amide bonds. The maximum atomic E-state index is 5.59. The lowest BCUT2D eigenvalue weighted by Gasteiger charge is -2.32. The molecule has 0 radical (unpaired) electrons. The Balaban J connectivity index is 1.72. The maximum absolute atomic E-state index is 5.59. The zero-order valence-corrected chi connectivity index (χ0v) is 17.2. The average molecular weight is 389 g/mol. The first-order chi connectivity index (χ1) is 13.2. The van der Waals surface area contributed by atoms with E-state index >= 15 is 0 Å². The third kappa shape index (κ3) is 4.47. The van der Waals surface area contributed by atoms with Crippen LogP contribution in [0, 0.1) is 0 Å². The van der Waals surface area contributed by atoms with Crippen LogP contribution in [0.4, 0.5) is 0 Å². The summed E-state index contributed by atoms with van der Waals surface area (Å²) in [7, 11) is 5.43. The second-order valence-corrected chi connectivity index (χ2v) is 7.71. The minimum Gasteiger partial charge on any atom is -0.493 e. The third-order valence-corrected chi connectivity index (χ3v) is 5.96. The Morgan fingerprint density at radius 1 is 1.30 bits per heavy atom. The molecule has 1 saturated heterocycles. The van der Waals surface area contributed by atoms with Gasteiger partial charge < -0.3 is 14.0 Å². The molecule has 1 aromatic heterocycles. The first-order valence-electron chi connectivity index (χ1n) is 9.23. The van der Waals surface area contributed by atoms with E-state index in [2.05, 4.69) is 39.4 Å². The number of piperidine rings is 1.